The average Bonchev–Trinajstić information content (AvgIpc) is 3.16. The summed E-state index contributed by atoms with van der Waals surface area (Å²) in [7, 11) is 0. The third-order valence-corrected chi connectivity index (χ3v) is 4.42. The van der Waals surface area contributed by atoms with Crippen LogP contribution in [0, 0.1) is 5.82 Å². The maximum Gasteiger partial charge on any atom is 0.344 e. The second kappa shape index (κ2) is 9.09. The molecule has 8 heteroatoms. The molecule has 0 bridgehead atoms. The van der Waals surface area contributed by atoms with Crippen LogP contribution in [0.1, 0.15) is 6.92 Å². The highest BCUT2D eigenvalue weighted by molar-refractivity contribution is 7.14. The van der Waals surface area contributed by atoms with E-state index in [-0.39, 0.29) is 5.75 Å². The molecule has 0 fully saturated rings. The van der Waals surface area contributed by atoms with E-state index < -0.39 is 30.4 Å². The summed E-state index contributed by atoms with van der Waals surface area (Å²) in [5, 5.41) is 4.83. The summed E-state index contributed by atoms with van der Waals surface area (Å²) in [5.41, 5.74) is 1.67. The summed E-state index contributed by atoms with van der Waals surface area (Å²) < 4.78 is 23.5. The van der Waals surface area contributed by atoms with Crippen LogP contribution in [0.5, 0.6) is 5.75 Å². The second-order valence-electron chi connectivity index (χ2n) is 5.74. The van der Waals surface area contributed by atoms with Crippen molar-refractivity contribution >= 4 is 28.3 Å². The Hall–Kier alpha value is -3.26. The van der Waals surface area contributed by atoms with Gasteiger partial charge in [-0.25, -0.2) is 14.2 Å². The molecule has 28 heavy (non-hydrogen) atoms. The summed E-state index contributed by atoms with van der Waals surface area (Å²) in [5.74, 6) is -1.95. The van der Waals surface area contributed by atoms with Gasteiger partial charge in [-0.05, 0) is 19.1 Å². The van der Waals surface area contributed by atoms with Crippen molar-refractivity contribution in [2.45, 2.75) is 13.0 Å². The molecule has 1 amide bonds. The first-order valence-electron chi connectivity index (χ1n) is 8.41. The summed E-state index contributed by atoms with van der Waals surface area (Å²) in [6, 6.07) is 15.2. The van der Waals surface area contributed by atoms with Crippen molar-refractivity contribution < 1.29 is 23.5 Å². The fourth-order valence-electron chi connectivity index (χ4n) is 2.26. The Morgan fingerprint density at radius 2 is 1.86 bits per heavy atom. The number of anilines is 1. The van der Waals surface area contributed by atoms with Gasteiger partial charge in [-0.1, -0.05) is 42.5 Å². The standard InChI is InChI=1S/C20H17FN2O4S/c1-13(27-18(24)11-26-17-10-6-5-9-15(17)21)19(25)23-20-22-16(12-28-20)14-7-3-2-4-8-14/h2-10,12-13H,11H2,1H3,(H,22,23,25). The number of nitrogens with one attached hydrogen (secondary N) is 1. The minimum absolute atomic E-state index is 0.0622. The zero-order valence-corrected chi connectivity index (χ0v) is 15.7. The lowest BCUT2D eigenvalue weighted by Gasteiger charge is -2.13. The van der Waals surface area contributed by atoms with Gasteiger partial charge in [0.15, 0.2) is 29.4 Å². The number of ether oxygens (including phenoxy) is 2. The molecule has 0 spiro atoms. The molecule has 1 N–H and O–H groups in total. The van der Waals surface area contributed by atoms with Gasteiger partial charge >= 0.3 is 5.97 Å². The molecule has 1 unspecified atom stereocenters. The molecule has 3 aromatic rings. The van der Waals surface area contributed by atoms with Gasteiger partial charge in [-0.3, -0.25) is 10.1 Å². The van der Waals surface area contributed by atoms with Crippen molar-refractivity contribution in [3.05, 3.63) is 65.8 Å². The van der Waals surface area contributed by atoms with Crippen LogP contribution >= 0.6 is 11.3 Å². The molecule has 0 radical (unpaired) electrons. The Kier molecular flexibility index (Phi) is 6.33. The molecule has 0 saturated heterocycles. The van der Waals surface area contributed by atoms with Gasteiger partial charge in [0.2, 0.25) is 0 Å². The van der Waals surface area contributed by atoms with Crippen LogP contribution in [-0.2, 0) is 14.3 Å². The average molecular weight is 400 g/mol. The third-order valence-electron chi connectivity index (χ3n) is 3.66. The lowest BCUT2D eigenvalue weighted by atomic mass is 10.2. The highest BCUT2D eigenvalue weighted by atomic mass is 32.1. The minimum Gasteiger partial charge on any atom is -0.479 e. The van der Waals surface area contributed by atoms with Crippen molar-refractivity contribution in [1.82, 2.24) is 4.98 Å². The first-order chi connectivity index (χ1) is 13.5. The smallest absolute Gasteiger partial charge is 0.344 e. The monoisotopic (exact) mass is 400 g/mol. The number of carbonyl (C=O) groups excluding carboxylic acids is 2. The fourth-order valence-corrected chi connectivity index (χ4v) is 2.99. The highest BCUT2D eigenvalue weighted by Gasteiger charge is 2.20. The normalized spacial score (nSPS) is 11.5. The third kappa shape index (κ3) is 5.14. The van der Waals surface area contributed by atoms with Gasteiger partial charge in [0.05, 0.1) is 5.69 Å². The van der Waals surface area contributed by atoms with Crippen LogP contribution in [0.25, 0.3) is 11.3 Å². The quantitative estimate of drug-likeness (QED) is 0.609. The molecule has 1 aromatic heterocycles. The van der Waals surface area contributed by atoms with E-state index in [1.807, 2.05) is 35.7 Å². The number of halogens is 1. The Morgan fingerprint density at radius 1 is 1.14 bits per heavy atom. The van der Waals surface area contributed by atoms with Crippen LogP contribution in [0.15, 0.2) is 60.0 Å². The Labute approximate surface area is 164 Å². The maximum absolute atomic E-state index is 13.5. The lowest BCUT2D eigenvalue weighted by molar-refractivity contribution is -0.155. The highest BCUT2D eigenvalue weighted by Crippen LogP contribution is 2.24. The van der Waals surface area contributed by atoms with Gasteiger partial charge in [-0.15, -0.1) is 11.3 Å². The number of hydrogen-bond donors (Lipinski definition) is 1. The molecule has 0 saturated carbocycles. The van der Waals surface area contributed by atoms with Crippen molar-refractivity contribution in [3.63, 3.8) is 0 Å². The number of carbonyl (C=O) groups is 2. The zero-order valence-electron chi connectivity index (χ0n) is 14.9. The second-order valence-corrected chi connectivity index (χ2v) is 6.60. The number of thiazole rings is 1. The zero-order chi connectivity index (χ0) is 19.9. The molecular formula is C20H17FN2O4S. The van der Waals surface area contributed by atoms with Crippen molar-refractivity contribution in [3.8, 4) is 17.0 Å². The van der Waals surface area contributed by atoms with Gasteiger partial charge in [-0.2, -0.15) is 0 Å². The van der Waals surface area contributed by atoms with Gasteiger partial charge in [0, 0.05) is 10.9 Å². The molecule has 2 aromatic carbocycles. The Balaban J connectivity index is 1.50. The van der Waals surface area contributed by atoms with Crippen molar-refractivity contribution in [2.24, 2.45) is 0 Å². The molecule has 6 nitrogen and oxygen atoms in total. The number of para-hydroxylation sites is 1. The van der Waals surface area contributed by atoms with Crippen LogP contribution in [-0.4, -0.2) is 29.6 Å². The van der Waals surface area contributed by atoms with E-state index in [2.05, 4.69) is 10.3 Å². The van der Waals surface area contributed by atoms with E-state index in [9.17, 15) is 14.0 Å². The van der Waals surface area contributed by atoms with Crippen LogP contribution in [0.4, 0.5) is 9.52 Å². The molecule has 0 aliphatic heterocycles. The van der Waals surface area contributed by atoms with Crippen molar-refractivity contribution in [1.29, 1.82) is 0 Å². The fraction of sp³-hybridized carbons (Fsp3) is 0.150. The Bertz CT molecular complexity index is 962. The number of hydrogen-bond acceptors (Lipinski definition) is 6. The van der Waals surface area contributed by atoms with Crippen LogP contribution < -0.4 is 10.1 Å². The number of aromatic nitrogens is 1. The first-order valence-corrected chi connectivity index (χ1v) is 9.29. The molecule has 1 heterocycles. The predicted molar refractivity (Wildman–Crippen MR) is 104 cm³/mol. The summed E-state index contributed by atoms with van der Waals surface area (Å²) >= 11 is 1.27. The summed E-state index contributed by atoms with van der Waals surface area (Å²) in [6.07, 6.45) is -1.05. The van der Waals surface area contributed by atoms with E-state index in [0.717, 1.165) is 11.3 Å². The minimum atomic E-state index is -1.05. The first kappa shape index (κ1) is 19.5. The molecule has 0 aliphatic carbocycles. The molecular weight excluding hydrogens is 383 g/mol. The van der Waals surface area contributed by atoms with E-state index in [1.54, 1.807) is 6.07 Å². The number of benzene rings is 2. The van der Waals surface area contributed by atoms with E-state index in [1.165, 1.54) is 36.5 Å². The largest absolute Gasteiger partial charge is 0.479 e. The van der Waals surface area contributed by atoms with E-state index in [4.69, 9.17) is 9.47 Å². The van der Waals surface area contributed by atoms with Crippen LogP contribution in [0.3, 0.4) is 0 Å². The molecule has 3 rings (SSSR count). The Morgan fingerprint density at radius 3 is 2.61 bits per heavy atom. The predicted octanol–water partition coefficient (Wildman–Crippen LogP) is 3.90. The lowest BCUT2D eigenvalue weighted by Crippen LogP contribution is -2.31. The maximum atomic E-state index is 13.5. The van der Waals surface area contributed by atoms with Gasteiger partial charge < -0.3 is 9.47 Å². The number of nitrogens with zero attached hydrogens (tertiary/aromatic N) is 1. The van der Waals surface area contributed by atoms with E-state index in [0.29, 0.717) is 5.13 Å². The number of rotatable bonds is 7. The molecule has 1 atom stereocenters. The van der Waals surface area contributed by atoms with Crippen molar-refractivity contribution in [2.75, 3.05) is 11.9 Å². The summed E-state index contributed by atoms with van der Waals surface area (Å²) in [6.45, 7) is 0.927. The SMILES string of the molecule is CC(OC(=O)COc1ccccc1F)C(=O)Nc1nc(-c2ccccc2)cs1. The van der Waals surface area contributed by atoms with Crippen LogP contribution in [0.2, 0.25) is 0 Å². The molecule has 144 valence electrons. The number of amides is 1. The molecule has 0 aliphatic rings. The van der Waals surface area contributed by atoms with E-state index >= 15 is 0 Å². The van der Waals surface area contributed by atoms with Gasteiger partial charge in [0.1, 0.15) is 0 Å². The number of esters is 1. The topological polar surface area (TPSA) is 77.5 Å². The summed E-state index contributed by atoms with van der Waals surface area (Å²) in [4.78, 5) is 28.4. The van der Waals surface area contributed by atoms with Gasteiger partial charge in [0.25, 0.3) is 5.91 Å².